The molecule has 3 heterocycles. The van der Waals surface area contributed by atoms with Crippen LogP contribution in [0.3, 0.4) is 0 Å². The standard InChI is InChI=1S/C22H30N4O3/c1-3-28-20-19(12-24-21(25-20)29-4-2)22(27)16-8-7-9-17(22)14-26(13-16)15-18-10-5-6-11-23-18/h5-6,10-12,16-17,27H,3-4,7-9,13-15H2,1-2H3/t16-,17+,22?. The van der Waals surface area contributed by atoms with E-state index in [0.717, 1.165) is 44.6 Å². The van der Waals surface area contributed by atoms with E-state index in [9.17, 15) is 5.11 Å². The third-order valence-corrected chi connectivity index (χ3v) is 6.14. The summed E-state index contributed by atoms with van der Waals surface area (Å²) in [5, 5.41) is 12.0. The fraction of sp³-hybridized carbons (Fsp3) is 0.591. The maximum absolute atomic E-state index is 12.0. The summed E-state index contributed by atoms with van der Waals surface area (Å²) in [5.74, 6) is 0.669. The summed E-state index contributed by atoms with van der Waals surface area (Å²) < 4.78 is 11.3. The van der Waals surface area contributed by atoms with Gasteiger partial charge in [0.15, 0.2) is 0 Å². The molecule has 1 aliphatic carbocycles. The number of nitrogens with zero attached hydrogens (tertiary/aromatic N) is 4. The third-order valence-electron chi connectivity index (χ3n) is 6.14. The molecule has 0 spiro atoms. The second-order valence-corrected chi connectivity index (χ2v) is 7.90. The van der Waals surface area contributed by atoms with E-state index in [-0.39, 0.29) is 11.8 Å². The molecule has 2 aromatic heterocycles. The summed E-state index contributed by atoms with van der Waals surface area (Å²) in [7, 11) is 0. The molecule has 2 bridgehead atoms. The van der Waals surface area contributed by atoms with Crippen molar-refractivity contribution in [3.05, 3.63) is 41.9 Å². The lowest BCUT2D eigenvalue weighted by Crippen LogP contribution is -2.58. The first-order chi connectivity index (χ1) is 14.1. The van der Waals surface area contributed by atoms with Crippen molar-refractivity contribution < 1.29 is 14.6 Å². The van der Waals surface area contributed by atoms with Crippen molar-refractivity contribution in [3.63, 3.8) is 0 Å². The molecule has 0 radical (unpaired) electrons. The van der Waals surface area contributed by atoms with Gasteiger partial charge in [-0.15, -0.1) is 0 Å². The molecule has 1 aliphatic heterocycles. The molecule has 2 aromatic rings. The lowest BCUT2D eigenvalue weighted by molar-refractivity contribution is -0.150. The molecule has 1 saturated heterocycles. The summed E-state index contributed by atoms with van der Waals surface area (Å²) in [5.41, 5.74) is 0.791. The number of ether oxygens (including phenoxy) is 2. The van der Waals surface area contributed by atoms with Crippen LogP contribution in [0.25, 0.3) is 0 Å². The maximum Gasteiger partial charge on any atom is 0.319 e. The largest absolute Gasteiger partial charge is 0.478 e. The Kier molecular flexibility index (Phi) is 5.96. The number of piperidine rings is 1. The zero-order valence-corrected chi connectivity index (χ0v) is 17.3. The number of aromatic nitrogens is 3. The van der Waals surface area contributed by atoms with Crippen molar-refractivity contribution in [3.8, 4) is 11.9 Å². The second-order valence-electron chi connectivity index (χ2n) is 7.90. The first-order valence-electron chi connectivity index (χ1n) is 10.6. The SMILES string of the molecule is CCOc1ncc(C2(O)[C@@H]3CCC[C@H]2CN(Cc2ccccn2)C3)c(OCC)n1. The third kappa shape index (κ3) is 3.94. The van der Waals surface area contributed by atoms with Gasteiger partial charge in [0.2, 0.25) is 5.88 Å². The van der Waals surface area contributed by atoms with Crippen LogP contribution >= 0.6 is 0 Å². The van der Waals surface area contributed by atoms with E-state index in [4.69, 9.17) is 9.47 Å². The van der Waals surface area contributed by atoms with Gasteiger partial charge in [-0.2, -0.15) is 4.98 Å². The zero-order valence-electron chi connectivity index (χ0n) is 17.3. The molecule has 7 nitrogen and oxygen atoms in total. The first kappa shape index (κ1) is 20.0. The highest BCUT2D eigenvalue weighted by molar-refractivity contribution is 5.34. The Morgan fingerprint density at radius 3 is 2.52 bits per heavy atom. The van der Waals surface area contributed by atoms with Crippen LogP contribution in [0.4, 0.5) is 0 Å². The van der Waals surface area contributed by atoms with Gasteiger partial charge < -0.3 is 14.6 Å². The monoisotopic (exact) mass is 398 g/mol. The molecule has 29 heavy (non-hydrogen) atoms. The highest BCUT2D eigenvalue weighted by Gasteiger charge is 2.53. The zero-order chi connectivity index (χ0) is 20.3. The predicted molar refractivity (Wildman–Crippen MR) is 109 cm³/mol. The Balaban J connectivity index is 1.62. The molecule has 1 unspecified atom stereocenters. The van der Waals surface area contributed by atoms with E-state index in [0.29, 0.717) is 30.7 Å². The molecular weight excluding hydrogens is 368 g/mol. The molecule has 0 aromatic carbocycles. The summed E-state index contributed by atoms with van der Waals surface area (Å²) >= 11 is 0. The molecule has 0 amide bonds. The smallest absolute Gasteiger partial charge is 0.319 e. The van der Waals surface area contributed by atoms with Gasteiger partial charge in [0.25, 0.3) is 0 Å². The van der Waals surface area contributed by atoms with Crippen molar-refractivity contribution in [2.24, 2.45) is 11.8 Å². The first-order valence-corrected chi connectivity index (χ1v) is 10.6. The number of aliphatic hydroxyl groups is 1. The molecule has 156 valence electrons. The summed E-state index contributed by atoms with van der Waals surface area (Å²) in [6, 6.07) is 6.31. The van der Waals surface area contributed by atoms with Crippen LogP contribution in [0.2, 0.25) is 0 Å². The van der Waals surface area contributed by atoms with Crippen molar-refractivity contribution in [2.45, 2.75) is 45.3 Å². The average Bonchev–Trinajstić information content (AvgIpc) is 2.70. The van der Waals surface area contributed by atoms with Gasteiger partial charge in [-0.1, -0.05) is 12.5 Å². The van der Waals surface area contributed by atoms with Crippen LogP contribution in [-0.4, -0.2) is 51.3 Å². The van der Waals surface area contributed by atoms with E-state index >= 15 is 0 Å². The lowest BCUT2D eigenvalue weighted by atomic mass is 9.63. The fourth-order valence-electron chi connectivity index (χ4n) is 4.90. The molecule has 4 rings (SSSR count). The van der Waals surface area contributed by atoms with Gasteiger partial charge in [0.1, 0.15) is 5.60 Å². The lowest BCUT2D eigenvalue weighted by Gasteiger charge is -2.53. The van der Waals surface area contributed by atoms with Gasteiger partial charge in [-0.3, -0.25) is 9.88 Å². The molecule has 7 heteroatoms. The fourth-order valence-corrected chi connectivity index (χ4v) is 4.90. The number of hydrogen-bond acceptors (Lipinski definition) is 7. The van der Waals surface area contributed by atoms with Crippen molar-refractivity contribution >= 4 is 0 Å². The topological polar surface area (TPSA) is 80.6 Å². The van der Waals surface area contributed by atoms with Gasteiger partial charge in [-0.25, -0.2) is 4.98 Å². The number of likely N-dealkylation sites (tertiary alicyclic amines) is 1. The minimum Gasteiger partial charge on any atom is -0.478 e. The van der Waals surface area contributed by atoms with E-state index in [1.54, 1.807) is 6.20 Å². The Hall–Kier alpha value is -2.25. The number of fused-ring (bicyclic) bond motifs is 2. The Morgan fingerprint density at radius 1 is 1.10 bits per heavy atom. The molecule has 2 aliphatic rings. The minimum absolute atomic E-state index is 0.111. The highest BCUT2D eigenvalue weighted by atomic mass is 16.5. The summed E-state index contributed by atoms with van der Waals surface area (Å²) in [6.45, 7) is 7.24. The highest BCUT2D eigenvalue weighted by Crippen LogP contribution is 2.51. The Labute approximate surface area is 172 Å². The van der Waals surface area contributed by atoms with Crippen molar-refractivity contribution in [1.29, 1.82) is 0 Å². The van der Waals surface area contributed by atoms with Crippen LogP contribution < -0.4 is 9.47 Å². The van der Waals surface area contributed by atoms with Crippen molar-refractivity contribution in [1.82, 2.24) is 19.9 Å². The quantitative estimate of drug-likeness (QED) is 0.768. The van der Waals surface area contributed by atoms with E-state index in [1.165, 1.54) is 0 Å². The van der Waals surface area contributed by atoms with Crippen LogP contribution in [-0.2, 0) is 12.1 Å². The van der Waals surface area contributed by atoms with E-state index < -0.39 is 5.60 Å². The van der Waals surface area contributed by atoms with Crippen LogP contribution in [0.5, 0.6) is 11.9 Å². The summed E-state index contributed by atoms with van der Waals surface area (Å²) in [4.78, 5) is 15.7. The van der Waals surface area contributed by atoms with Crippen LogP contribution in [0, 0.1) is 11.8 Å². The van der Waals surface area contributed by atoms with Gasteiger partial charge in [0.05, 0.1) is 24.5 Å². The van der Waals surface area contributed by atoms with E-state index in [1.807, 2.05) is 32.2 Å². The number of rotatable bonds is 7. The molecule has 1 N–H and O–H groups in total. The van der Waals surface area contributed by atoms with Crippen molar-refractivity contribution in [2.75, 3.05) is 26.3 Å². The van der Waals surface area contributed by atoms with Gasteiger partial charge in [0, 0.05) is 43.9 Å². The Morgan fingerprint density at radius 2 is 1.86 bits per heavy atom. The molecule has 3 atom stereocenters. The molecule has 2 fully saturated rings. The summed E-state index contributed by atoms with van der Waals surface area (Å²) in [6.07, 6.45) is 6.64. The minimum atomic E-state index is -0.978. The van der Waals surface area contributed by atoms with Gasteiger partial charge in [-0.05, 0) is 38.8 Å². The predicted octanol–water partition coefficient (Wildman–Crippen LogP) is 2.79. The Bertz CT molecular complexity index is 803. The second kappa shape index (κ2) is 8.63. The molecule has 1 saturated carbocycles. The number of pyridine rings is 1. The normalized spacial score (nSPS) is 26.9. The molecular formula is C22H30N4O3. The van der Waals surface area contributed by atoms with Crippen LogP contribution in [0.1, 0.15) is 44.4 Å². The number of hydrogen-bond donors (Lipinski definition) is 1. The van der Waals surface area contributed by atoms with E-state index in [2.05, 4.69) is 25.9 Å². The van der Waals surface area contributed by atoms with Crippen LogP contribution in [0.15, 0.2) is 30.6 Å². The maximum atomic E-state index is 12.0. The van der Waals surface area contributed by atoms with Gasteiger partial charge >= 0.3 is 6.01 Å². The average molecular weight is 399 g/mol.